The molecule has 0 bridgehead atoms. The molecule has 2 rings (SSSR count). The molecule has 0 spiro atoms. The molecule has 2 aromatic carbocycles. The minimum absolute atomic E-state index is 0.0139. The Kier molecular flexibility index (Phi) is 6.67. The highest BCUT2D eigenvalue weighted by Crippen LogP contribution is 2.14. The minimum Gasteiger partial charge on any atom is -0.491 e. The molecular weight excluding hydrogens is 302 g/mol. The van der Waals surface area contributed by atoms with E-state index in [-0.39, 0.29) is 18.6 Å². The molecule has 0 aliphatic heterocycles. The van der Waals surface area contributed by atoms with Gasteiger partial charge in [-0.25, -0.2) is 0 Å². The van der Waals surface area contributed by atoms with Gasteiger partial charge in [0, 0.05) is 6.54 Å². The second-order valence-electron chi connectivity index (χ2n) is 5.87. The maximum atomic E-state index is 11.9. The summed E-state index contributed by atoms with van der Waals surface area (Å²) in [5.74, 6) is 1.40. The van der Waals surface area contributed by atoms with Crippen molar-refractivity contribution in [3.8, 4) is 11.5 Å². The van der Waals surface area contributed by atoms with Crippen molar-refractivity contribution in [2.75, 3.05) is 6.61 Å². The zero-order valence-corrected chi connectivity index (χ0v) is 14.5. The molecule has 0 atom stereocenters. The molecule has 1 amide bonds. The highest BCUT2D eigenvalue weighted by molar-refractivity contribution is 5.77. The predicted molar refractivity (Wildman–Crippen MR) is 95.4 cm³/mol. The number of hydrogen-bond donors (Lipinski definition) is 1. The highest BCUT2D eigenvalue weighted by Gasteiger charge is 2.04. The van der Waals surface area contributed by atoms with Gasteiger partial charge in [-0.15, -0.1) is 0 Å². The zero-order chi connectivity index (χ0) is 17.4. The molecule has 0 aliphatic rings. The third-order valence-corrected chi connectivity index (χ3v) is 3.49. The Morgan fingerprint density at radius 3 is 2.12 bits per heavy atom. The highest BCUT2D eigenvalue weighted by atomic mass is 16.5. The number of aryl methyl sites for hydroxylation is 1. The number of hydrogen-bond acceptors (Lipinski definition) is 3. The molecule has 2 aromatic rings. The van der Waals surface area contributed by atoms with Crippen LogP contribution in [0.1, 0.15) is 31.9 Å². The Bertz CT molecular complexity index is 633. The van der Waals surface area contributed by atoms with Crippen LogP contribution in [0.2, 0.25) is 0 Å². The lowest BCUT2D eigenvalue weighted by molar-refractivity contribution is -0.123. The van der Waals surface area contributed by atoms with Gasteiger partial charge in [-0.1, -0.05) is 31.2 Å². The average molecular weight is 327 g/mol. The number of nitrogens with one attached hydrogen (secondary N) is 1. The van der Waals surface area contributed by atoms with Gasteiger partial charge in [-0.3, -0.25) is 4.79 Å². The van der Waals surface area contributed by atoms with Crippen LogP contribution in [0.4, 0.5) is 0 Å². The number of amides is 1. The van der Waals surface area contributed by atoms with Crippen LogP contribution in [0, 0.1) is 0 Å². The zero-order valence-electron chi connectivity index (χ0n) is 14.5. The van der Waals surface area contributed by atoms with Gasteiger partial charge >= 0.3 is 0 Å². The molecule has 0 saturated carbocycles. The fourth-order valence-corrected chi connectivity index (χ4v) is 2.18. The van der Waals surface area contributed by atoms with E-state index in [4.69, 9.17) is 9.47 Å². The van der Waals surface area contributed by atoms with Crippen molar-refractivity contribution in [3.05, 3.63) is 59.7 Å². The molecule has 0 heterocycles. The number of ether oxygens (including phenoxy) is 2. The van der Waals surface area contributed by atoms with Gasteiger partial charge in [-0.2, -0.15) is 0 Å². The van der Waals surface area contributed by atoms with Crippen molar-refractivity contribution in [1.82, 2.24) is 5.32 Å². The Morgan fingerprint density at radius 1 is 0.958 bits per heavy atom. The normalized spacial score (nSPS) is 10.5. The quantitative estimate of drug-likeness (QED) is 0.803. The molecule has 0 saturated heterocycles. The fraction of sp³-hybridized carbons (Fsp3) is 0.350. The maximum absolute atomic E-state index is 11.9. The number of carbonyl (C=O) groups is 1. The molecule has 24 heavy (non-hydrogen) atoms. The van der Waals surface area contributed by atoms with Crippen LogP contribution in [0.15, 0.2) is 48.5 Å². The smallest absolute Gasteiger partial charge is 0.258 e. The Hall–Kier alpha value is -2.49. The average Bonchev–Trinajstić information content (AvgIpc) is 2.59. The van der Waals surface area contributed by atoms with E-state index in [0.717, 1.165) is 17.7 Å². The third-order valence-electron chi connectivity index (χ3n) is 3.49. The van der Waals surface area contributed by atoms with Crippen molar-refractivity contribution in [2.24, 2.45) is 0 Å². The summed E-state index contributed by atoms with van der Waals surface area (Å²) in [6.45, 7) is 6.57. The van der Waals surface area contributed by atoms with Crippen molar-refractivity contribution in [2.45, 2.75) is 39.8 Å². The molecule has 4 nitrogen and oxygen atoms in total. The third kappa shape index (κ3) is 5.95. The molecule has 1 N–H and O–H groups in total. The van der Waals surface area contributed by atoms with E-state index < -0.39 is 0 Å². The van der Waals surface area contributed by atoms with Crippen LogP contribution in [0.3, 0.4) is 0 Å². The Morgan fingerprint density at radius 2 is 1.54 bits per heavy atom. The van der Waals surface area contributed by atoms with E-state index in [1.807, 2.05) is 62.4 Å². The van der Waals surface area contributed by atoms with Gasteiger partial charge in [0.25, 0.3) is 5.91 Å². The van der Waals surface area contributed by atoms with Crippen LogP contribution in [0.25, 0.3) is 0 Å². The number of benzene rings is 2. The topological polar surface area (TPSA) is 47.6 Å². The standard InChI is InChI=1S/C20H25NO3/c1-4-16-5-9-18(10-6-16)23-14-20(22)21-13-17-7-11-19(12-8-17)24-15(2)3/h5-12,15H,4,13-14H2,1-3H3,(H,21,22). The molecule has 0 aromatic heterocycles. The fourth-order valence-electron chi connectivity index (χ4n) is 2.18. The predicted octanol–water partition coefficient (Wildman–Crippen LogP) is 3.73. The first kappa shape index (κ1) is 17.9. The largest absolute Gasteiger partial charge is 0.491 e. The molecule has 0 unspecified atom stereocenters. The molecule has 4 heteroatoms. The van der Waals surface area contributed by atoms with E-state index in [2.05, 4.69) is 12.2 Å². The molecule has 128 valence electrons. The first-order valence-corrected chi connectivity index (χ1v) is 8.31. The molecule has 0 aliphatic carbocycles. The number of rotatable bonds is 8. The van der Waals surface area contributed by atoms with Gasteiger partial charge in [0.05, 0.1) is 6.10 Å². The van der Waals surface area contributed by atoms with Crippen LogP contribution >= 0.6 is 0 Å². The van der Waals surface area contributed by atoms with E-state index in [0.29, 0.717) is 12.3 Å². The summed E-state index contributed by atoms with van der Waals surface area (Å²) in [7, 11) is 0. The maximum Gasteiger partial charge on any atom is 0.258 e. The lowest BCUT2D eigenvalue weighted by atomic mass is 10.2. The van der Waals surface area contributed by atoms with Gasteiger partial charge < -0.3 is 14.8 Å². The Balaban J connectivity index is 1.74. The van der Waals surface area contributed by atoms with Crippen molar-refractivity contribution in [1.29, 1.82) is 0 Å². The first-order valence-electron chi connectivity index (χ1n) is 8.31. The molecular formula is C20H25NO3. The van der Waals surface area contributed by atoms with Gasteiger partial charge in [0.1, 0.15) is 11.5 Å². The minimum atomic E-state index is -0.142. The summed E-state index contributed by atoms with van der Waals surface area (Å²) in [5.41, 5.74) is 2.27. The molecule has 0 fully saturated rings. The summed E-state index contributed by atoms with van der Waals surface area (Å²) in [6.07, 6.45) is 1.14. The molecule has 0 radical (unpaired) electrons. The monoisotopic (exact) mass is 327 g/mol. The van der Waals surface area contributed by atoms with E-state index in [1.54, 1.807) is 0 Å². The Labute approximate surface area is 143 Å². The SMILES string of the molecule is CCc1ccc(OCC(=O)NCc2ccc(OC(C)C)cc2)cc1. The summed E-state index contributed by atoms with van der Waals surface area (Å²) in [5, 5.41) is 2.85. The summed E-state index contributed by atoms with van der Waals surface area (Å²) >= 11 is 0. The second kappa shape index (κ2) is 8.96. The number of carbonyl (C=O) groups excluding carboxylic acids is 1. The van der Waals surface area contributed by atoms with E-state index in [1.165, 1.54) is 5.56 Å². The van der Waals surface area contributed by atoms with E-state index in [9.17, 15) is 4.79 Å². The van der Waals surface area contributed by atoms with Gasteiger partial charge in [0.15, 0.2) is 6.61 Å². The van der Waals surface area contributed by atoms with E-state index >= 15 is 0 Å². The lowest BCUT2D eigenvalue weighted by Crippen LogP contribution is -2.28. The van der Waals surface area contributed by atoms with Crippen molar-refractivity contribution < 1.29 is 14.3 Å². The van der Waals surface area contributed by atoms with Crippen LogP contribution < -0.4 is 14.8 Å². The van der Waals surface area contributed by atoms with Gasteiger partial charge in [-0.05, 0) is 55.7 Å². The summed E-state index contributed by atoms with van der Waals surface area (Å²) in [4.78, 5) is 11.9. The lowest BCUT2D eigenvalue weighted by Gasteiger charge is -2.11. The van der Waals surface area contributed by atoms with Crippen LogP contribution in [0.5, 0.6) is 11.5 Å². The van der Waals surface area contributed by atoms with Crippen LogP contribution in [-0.2, 0) is 17.8 Å². The summed E-state index contributed by atoms with van der Waals surface area (Å²) in [6, 6.07) is 15.5. The second-order valence-corrected chi connectivity index (χ2v) is 5.87. The van der Waals surface area contributed by atoms with Crippen molar-refractivity contribution >= 4 is 5.91 Å². The van der Waals surface area contributed by atoms with Crippen molar-refractivity contribution in [3.63, 3.8) is 0 Å². The summed E-state index contributed by atoms with van der Waals surface area (Å²) < 4.78 is 11.1. The van der Waals surface area contributed by atoms with Crippen LogP contribution in [-0.4, -0.2) is 18.6 Å². The first-order chi connectivity index (χ1) is 11.6. The van der Waals surface area contributed by atoms with Gasteiger partial charge in [0.2, 0.25) is 0 Å².